The summed E-state index contributed by atoms with van der Waals surface area (Å²) in [6.07, 6.45) is 2.01. The van der Waals surface area contributed by atoms with Crippen LogP contribution in [0.15, 0.2) is 30.5 Å². The Balaban J connectivity index is 1.53. The lowest BCUT2D eigenvalue weighted by Crippen LogP contribution is -2.41. The number of H-pyrrole nitrogens is 1. The summed E-state index contributed by atoms with van der Waals surface area (Å²) in [5, 5.41) is 1.29. The Labute approximate surface area is 125 Å². The van der Waals surface area contributed by atoms with E-state index in [9.17, 15) is 0 Å². The minimum Gasteiger partial charge on any atom is -0.379 e. The fraction of sp³-hybridized carbons (Fsp3) is 0.529. The fourth-order valence-corrected chi connectivity index (χ4v) is 3.73. The molecule has 21 heavy (non-hydrogen) atoms. The molecule has 0 amide bonds. The van der Waals surface area contributed by atoms with E-state index in [-0.39, 0.29) is 0 Å². The molecule has 2 fully saturated rings. The molecule has 2 aliphatic heterocycles. The number of nitrogens with zero attached hydrogens (tertiary/aromatic N) is 2. The Bertz CT molecular complexity index is 623. The number of nitrogens with one attached hydrogen (secondary N) is 1. The summed E-state index contributed by atoms with van der Waals surface area (Å²) in [5.41, 5.74) is 2.64. The summed E-state index contributed by atoms with van der Waals surface area (Å²) in [6, 6.07) is 9.43. The van der Waals surface area contributed by atoms with Gasteiger partial charge in [0.2, 0.25) is 0 Å². The molecule has 2 saturated heterocycles. The van der Waals surface area contributed by atoms with Crippen molar-refractivity contribution in [2.24, 2.45) is 5.92 Å². The Hall–Kier alpha value is -1.36. The first-order chi connectivity index (χ1) is 10.3. The van der Waals surface area contributed by atoms with Gasteiger partial charge in [0.25, 0.3) is 0 Å². The molecule has 0 saturated carbocycles. The van der Waals surface area contributed by atoms with Crippen LogP contribution in [-0.2, 0) is 11.3 Å². The van der Waals surface area contributed by atoms with Gasteiger partial charge in [0.15, 0.2) is 0 Å². The minimum atomic E-state index is 0.534. The Kier molecular flexibility index (Phi) is 3.45. The lowest BCUT2D eigenvalue weighted by molar-refractivity contribution is 0.0516. The second kappa shape index (κ2) is 5.44. The summed E-state index contributed by atoms with van der Waals surface area (Å²) in [4.78, 5) is 8.39. The van der Waals surface area contributed by atoms with Crippen molar-refractivity contribution < 1.29 is 4.74 Å². The molecule has 2 aliphatic rings. The maximum atomic E-state index is 5.80. The van der Waals surface area contributed by atoms with E-state index in [1.807, 2.05) is 6.20 Å². The van der Waals surface area contributed by atoms with Gasteiger partial charge in [-0.05, 0) is 30.1 Å². The van der Waals surface area contributed by atoms with Crippen molar-refractivity contribution in [1.29, 1.82) is 0 Å². The van der Waals surface area contributed by atoms with E-state index < -0.39 is 0 Å². The van der Waals surface area contributed by atoms with Crippen molar-refractivity contribution in [3.05, 3.63) is 36.0 Å². The number of hydrogen-bond acceptors (Lipinski definition) is 3. The van der Waals surface area contributed by atoms with Gasteiger partial charge in [-0.3, -0.25) is 9.80 Å². The highest BCUT2D eigenvalue weighted by molar-refractivity contribution is 5.79. The highest BCUT2D eigenvalue weighted by Gasteiger charge is 2.31. The molecule has 0 unspecified atom stereocenters. The normalized spacial score (nSPS) is 27.9. The number of aromatic amines is 1. The van der Waals surface area contributed by atoms with Crippen LogP contribution < -0.4 is 0 Å². The first-order valence-electron chi connectivity index (χ1n) is 7.84. The topological polar surface area (TPSA) is 31.5 Å². The highest BCUT2D eigenvalue weighted by Crippen LogP contribution is 2.21. The third kappa shape index (κ3) is 2.71. The predicted molar refractivity (Wildman–Crippen MR) is 84.3 cm³/mol. The smallest absolute Gasteiger partial charge is 0.0634 e. The van der Waals surface area contributed by atoms with Crippen LogP contribution in [0.3, 0.4) is 0 Å². The molecule has 1 aromatic heterocycles. The average molecular weight is 285 g/mol. The molecule has 2 aromatic rings. The van der Waals surface area contributed by atoms with E-state index in [4.69, 9.17) is 4.74 Å². The van der Waals surface area contributed by atoms with Crippen LogP contribution in [0.1, 0.15) is 5.56 Å². The average Bonchev–Trinajstić information content (AvgIpc) is 2.77. The van der Waals surface area contributed by atoms with Crippen LogP contribution in [0.5, 0.6) is 0 Å². The predicted octanol–water partition coefficient (Wildman–Crippen LogP) is 1.93. The lowest BCUT2D eigenvalue weighted by Gasteiger charge is -2.29. The third-order valence-corrected chi connectivity index (χ3v) is 4.84. The zero-order chi connectivity index (χ0) is 14.2. The Morgan fingerprint density at radius 2 is 2.14 bits per heavy atom. The van der Waals surface area contributed by atoms with Crippen LogP contribution in [-0.4, -0.2) is 60.7 Å². The number of aromatic nitrogens is 1. The van der Waals surface area contributed by atoms with Gasteiger partial charge in [0, 0.05) is 49.9 Å². The molecule has 2 atom stereocenters. The number of benzene rings is 1. The Morgan fingerprint density at radius 3 is 3.10 bits per heavy atom. The van der Waals surface area contributed by atoms with Crippen molar-refractivity contribution in [2.45, 2.75) is 12.6 Å². The molecule has 4 rings (SSSR count). The molecular formula is C17H23N3O. The van der Waals surface area contributed by atoms with Gasteiger partial charge in [-0.2, -0.15) is 0 Å². The molecule has 3 heterocycles. The number of rotatable bonds is 2. The van der Waals surface area contributed by atoms with E-state index in [2.05, 4.69) is 46.1 Å². The van der Waals surface area contributed by atoms with Gasteiger partial charge in [-0.15, -0.1) is 0 Å². The van der Waals surface area contributed by atoms with Crippen molar-refractivity contribution in [1.82, 2.24) is 14.8 Å². The molecule has 4 heteroatoms. The zero-order valence-corrected chi connectivity index (χ0v) is 12.6. The summed E-state index contributed by atoms with van der Waals surface area (Å²) >= 11 is 0. The number of fused-ring (bicyclic) bond motifs is 4. The van der Waals surface area contributed by atoms with E-state index >= 15 is 0 Å². The molecule has 0 spiro atoms. The van der Waals surface area contributed by atoms with Crippen LogP contribution in [0.4, 0.5) is 0 Å². The van der Waals surface area contributed by atoms with E-state index in [1.165, 1.54) is 16.5 Å². The van der Waals surface area contributed by atoms with E-state index in [0.717, 1.165) is 39.4 Å². The first-order valence-corrected chi connectivity index (χ1v) is 7.84. The molecule has 2 bridgehead atoms. The van der Waals surface area contributed by atoms with Gasteiger partial charge in [0.1, 0.15) is 0 Å². The number of likely N-dealkylation sites (N-methyl/N-ethyl adjacent to an activating group) is 1. The number of ether oxygens (including phenoxy) is 1. The van der Waals surface area contributed by atoms with Crippen LogP contribution >= 0.6 is 0 Å². The molecule has 112 valence electrons. The molecule has 4 nitrogen and oxygen atoms in total. The minimum absolute atomic E-state index is 0.534. The summed E-state index contributed by atoms with van der Waals surface area (Å²) in [6.45, 7) is 6.23. The van der Waals surface area contributed by atoms with Gasteiger partial charge < -0.3 is 9.72 Å². The van der Waals surface area contributed by atoms with E-state index in [1.54, 1.807) is 0 Å². The monoisotopic (exact) mass is 285 g/mol. The summed E-state index contributed by atoms with van der Waals surface area (Å²) in [5.74, 6) is 0.636. The van der Waals surface area contributed by atoms with Crippen LogP contribution in [0.2, 0.25) is 0 Å². The van der Waals surface area contributed by atoms with Gasteiger partial charge in [0.05, 0.1) is 13.2 Å². The maximum absolute atomic E-state index is 5.80. The number of hydrogen-bond donors (Lipinski definition) is 1. The molecule has 0 aliphatic carbocycles. The Morgan fingerprint density at radius 1 is 1.19 bits per heavy atom. The van der Waals surface area contributed by atoms with Gasteiger partial charge in [-0.1, -0.05) is 12.1 Å². The van der Waals surface area contributed by atoms with Crippen molar-refractivity contribution in [2.75, 3.05) is 39.9 Å². The molecule has 1 N–H and O–H groups in total. The van der Waals surface area contributed by atoms with E-state index in [0.29, 0.717) is 12.0 Å². The summed E-state index contributed by atoms with van der Waals surface area (Å²) < 4.78 is 5.80. The highest BCUT2D eigenvalue weighted by atomic mass is 16.5. The third-order valence-electron chi connectivity index (χ3n) is 4.84. The van der Waals surface area contributed by atoms with Crippen molar-refractivity contribution >= 4 is 10.9 Å². The molecule has 0 radical (unpaired) electrons. The maximum Gasteiger partial charge on any atom is 0.0634 e. The van der Waals surface area contributed by atoms with Crippen LogP contribution in [0.25, 0.3) is 10.9 Å². The standard InChI is InChI=1S/C17H23N3O/c1-19-7-14-9-20(10-16(19)12-21-11-14)8-13-2-3-15-4-5-18-17(15)6-13/h2-6,14,16,18H,7-12H2,1H3/t14-,16+/m1/s1. The fourth-order valence-electron chi connectivity index (χ4n) is 3.73. The summed E-state index contributed by atoms with van der Waals surface area (Å²) in [7, 11) is 2.24. The largest absolute Gasteiger partial charge is 0.379 e. The van der Waals surface area contributed by atoms with Crippen molar-refractivity contribution in [3.8, 4) is 0 Å². The molecule has 1 aromatic carbocycles. The molecular weight excluding hydrogens is 262 g/mol. The zero-order valence-electron chi connectivity index (χ0n) is 12.6. The lowest BCUT2D eigenvalue weighted by atomic mass is 10.1. The second-order valence-corrected chi connectivity index (χ2v) is 6.59. The van der Waals surface area contributed by atoms with Crippen molar-refractivity contribution in [3.63, 3.8) is 0 Å². The second-order valence-electron chi connectivity index (χ2n) is 6.59. The van der Waals surface area contributed by atoms with Gasteiger partial charge >= 0.3 is 0 Å². The quantitative estimate of drug-likeness (QED) is 0.915. The van der Waals surface area contributed by atoms with Gasteiger partial charge in [-0.25, -0.2) is 0 Å². The first kappa shape index (κ1) is 13.3. The van der Waals surface area contributed by atoms with Crippen LogP contribution in [0, 0.1) is 5.92 Å². The SMILES string of the molecule is CN1C[C@H]2COC[C@@H]1CN(Cc1ccc3cc[nH]c3c1)C2.